The Morgan fingerprint density at radius 1 is 1.10 bits per heavy atom. The molecule has 3 rings (SSSR count). The lowest BCUT2D eigenvalue weighted by molar-refractivity contribution is -0.132. The molecule has 0 saturated carbocycles. The van der Waals surface area contributed by atoms with Crippen LogP contribution in [-0.4, -0.2) is 46.8 Å². The number of nitrogens with zero attached hydrogens (tertiary/aromatic N) is 3. The third kappa shape index (κ3) is 5.66. The molecule has 2 aromatic carbocycles. The van der Waals surface area contributed by atoms with Gasteiger partial charge in [0.25, 0.3) is 11.1 Å². The second kappa shape index (κ2) is 9.53. The Kier molecular flexibility index (Phi) is 6.83. The lowest BCUT2D eigenvalue weighted by Gasteiger charge is -2.23. The van der Waals surface area contributed by atoms with E-state index in [1.54, 1.807) is 50.5 Å². The second-order valence-corrected chi connectivity index (χ2v) is 7.89. The lowest BCUT2D eigenvalue weighted by atomic mass is 10.1. The van der Waals surface area contributed by atoms with Crippen LogP contribution >= 0.6 is 11.8 Å². The van der Waals surface area contributed by atoms with Gasteiger partial charge < -0.3 is 10.2 Å². The largest absolute Gasteiger partial charge is 0.339 e. The summed E-state index contributed by atoms with van der Waals surface area (Å²) < 4.78 is 13.1. The summed E-state index contributed by atoms with van der Waals surface area (Å²) in [7, 11) is 3.36. The number of carbonyl (C=O) groups excluding carboxylic acids is 3. The third-order valence-corrected chi connectivity index (χ3v) is 5.34. The number of amides is 3. The molecule has 3 amide bonds. The molecule has 0 unspecified atom stereocenters. The Morgan fingerprint density at radius 3 is 2.40 bits per heavy atom. The van der Waals surface area contributed by atoms with Crippen molar-refractivity contribution >= 4 is 40.2 Å². The minimum atomic E-state index is -0.392. The quantitative estimate of drug-likeness (QED) is 0.736. The van der Waals surface area contributed by atoms with E-state index in [2.05, 4.69) is 10.4 Å². The molecule has 2 aromatic rings. The molecule has 0 aromatic heterocycles. The molecular weight excluding hydrogens is 407 g/mol. The van der Waals surface area contributed by atoms with E-state index in [0.29, 0.717) is 5.69 Å². The van der Waals surface area contributed by atoms with E-state index in [1.165, 1.54) is 22.0 Å². The smallest absolute Gasteiger partial charge is 0.285 e. The Labute approximate surface area is 177 Å². The number of anilines is 1. The number of hydrogen-bond donors (Lipinski definition) is 1. The molecule has 0 saturated heterocycles. The van der Waals surface area contributed by atoms with Gasteiger partial charge in [0.1, 0.15) is 11.5 Å². The van der Waals surface area contributed by atoms with Crippen molar-refractivity contribution in [3.8, 4) is 0 Å². The van der Waals surface area contributed by atoms with Gasteiger partial charge in [0.15, 0.2) is 0 Å². The van der Waals surface area contributed by atoms with Crippen molar-refractivity contribution in [2.24, 2.45) is 5.10 Å². The number of rotatable bonds is 5. The molecule has 0 fully saturated rings. The zero-order chi connectivity index (χ0) is 21.7. The van der Waals surface area contributed by atoms with Gasteiger partial charge in [0.2, 0.25) is 5.91 Å². The van der Waals surface area contributed by atoms with Crippen molar-refractivity contribution in [3.63, 3.8) is 0 Å². The van der Waals surface area contributed by atoms with Gasteiger partial charge in [-0.15, -0.1) is 0 Å². The molecule has 0 spiro atoms. The summed E-state index contributed by atoms with van der Waals surface area (Å²) in [6.45, 7) is 0.168. The fourth-order valence-electron chi connectivity index (χ4n) is 2.65. The van der Waals surface area contributed by atoms with Gasteiger partial charge in [0, 0.05) is 37.5 Å². The molecule has 1 aliphatic rings. The van der Waals surface area contributed by atoms with Crippen LogP contribution in [0.25, 0.3) is 0 Å². The van der Waals surface area contributed by atoms with E-state index in [9.17, 15) is 18.8 Å². The maximum Gasteiger partial charge on any atom is 0.285 e. The van der Waals surface area contributed by atoms with Crippen molar-refractivity contribution in [3.05, 3.63) is 59.9 Å². The summed E-state index contributed by atoms with van der Waals surface area (Å²) in [5.74, 6) is -0.943. The molecule has 0 bridgehead atoms. The number of halogens is 1. The first kappa shape index (κ1) is 21.5. The van der Waals surface area contributed by atoms with Crippen LogP contribution < -0.4 is 5.32 Å². The Morgan fingerprint density at radius 2 is 1.77 bits per heavy atom. The zero-order valence-electron chi connectivity index (χ0n) is 16.6. The van der Waals surface area contributed by atoms with Crippen LogP contribution in [0.3, 0.4) is 0 Å². The van der Waals surface area contributed by atoms with Gasteiger partial charge in [-0.2, -0.15) is 5.10 Å². The van der Waals surface area contributed by atoms with Crippen LogP contribution in [0.15, 0.2) is 58.5 Å². The van der Waals surface area contributed by atoms with E-state index < -0.39 is 5.91 Å². The first-order valence-corrected chi connectivity index (χ1v) is 10.1. The Balaban J connectivity index is 1.64. The highest BCUT2D eigenvalue weighted by atomic mass is 32.2. The molecule has 9 heteroatoms. The highest BCUT2D eigenvalue weighted by molar-refractivity contribution is 8.13. The van der Waals surface area contributed by atoms with Gasteiger partial charge >= 0.3 is 0 Å². The van der Waals surface area contributed by atoms with Crippen LogP contribution in [0.1, 0.15) is 18.4 Å². The first-order chi connectivity index (χ1) is 14.3. The topological polar surface area (TPSA) is 82.1 Å². The average molecular weight is 428 g/mol. The number of hydrogen-bond acceptors (Lipinski definition) is 5. The number of nitrogens with one attached hydrogen (secondary N) is 1. The minimum absolute atomic E-state index is 0.0886. The molecule has 0 atom stereocenters. The monoisotopic (exact) mass is 428 g/mol. The maximum absolute atomic E-state index is 13.1. The van der Waals surface area contributed by atoms with E-state index in [1.807, 2.05) is 0 Å². The SMILES string of the molecule is CN(C)C(=O)Sc1ccc(NC(=O)C2=NN(Cc3ccc(F)cc3)C(=O)CC2)cc1. The highest BCUT2D eigenvalue weighted by Crippen LogP contribution is 2.23. The number of thioether (sulfide) groups is 1. The molecule has 30 heavy (non-hydrogen) atoms. The normalized spacial score (nSPS) is 13.6. The predicted octanol–water partition coefficient (Wildman–Crippen LogP) is 3.72. The van der Waals surface area contributed by atoms with E-state index in [4.69, 9.17) is 0 Å². The summed E-state index contributed by atoms with van der Waals surface area (Å²) in [4.78, 5) is 38.7. The van der Waals surface area contributed by atoms with E-state index in [-0.39, 0.29) is 42.1 Å². The molecule has 0 aliphatic carbocycles. The summed E-state index contributed by atoms with van der Waals surface area (Å²) in [5.41, 5.74) is 1.53. The third-order valence-electron chi connectivity index (χ3n) is 4.30. The van der Waals surface area contributed by atoms with E-state index >= 15 is 0 Å². The molecule has 0 radical (unpaired) electrons. The Bertz CT molecular complexity index is 975. The van der Waals surface area contributed by atoms with Crippen LogP contribution in [-0.2, 0) is 16.1 Å². The molecule has 1 aliphatic heterocycles. The van der Waals surface area contributed by atoms with E-state index in [0.717, 1.165) is 22.2 Å². The fraction of sp³-hybridized carbons (Fsp3) is 0.238. The van der Waals surface area contributed by atoms with Gasteiger partial charge in [-0.3, -0.25) is 14.4 Å². The van der Waals surface area contributed by atoms with Crippen molar-refractivity contribution in [2.45, 2.75) is 24.3 Å². The molecule has 156 valence electrons. The van der Waals surface area contributed by atoms with Crippen LogP contribution in [0.2, 0.25) is 0 Å². The number of carbonyl (C=O) groups is 3. The van der Waals surface area contributed by atoms with Crippen molar-refractivity contribution in [2.75, 3.05) is 19.4 Å². The molecular formula is C21H21FN4O3S. The summed E-state index contributed by atoms with van der Waals surface area (Å²) in [6.07, 6.45) is 0.422. The maximum atomic E-state index is 13.1. The number of benzene rings is 2. The van der Waals surface area contributed by atoms with Crippen molar-refractivity contribution in [1.82, 2.24) is 9.91 Å². The van der Waals surface area contributed by atoms with Crippen LogP contribution in [0.4, 0.5) is 14.9 Å². The summed E-state index contributed by atoms with van der Waals surface area (Å²) >= 11 is 1.09. The van der Waals surface area contributed by atoms with Crippen molar-refractivity contribution in [1.29, 1.82) is 0 Å². The van der Waals surface area contributed by atoms with Gasteiger partial charge in [-0.25, -0.2) is 9.40 Å². The van der Waals surface area contributed by atoms with Gasteiger partial charge in [0.05, 0.1) is 6.54 Å². The highest BCUT2D eigenvalue weighted by Gasteiger charge is 2.24. The molecule has 1 N–H and O–H groups in total. The van der Waals surface area contributed by atoms with Gasteiger partial charge in [-0.05, 0) is 53.7 Å². The summed E-state index contributed by atoms with van der Waals surface area (Å²) in [5, 5.41) is 8.10. The van der Waals surface area contributed by atoms with Gasteiger partial charge in [-0.1, -0.05) is 12.1 Å². The predicted molar refractivity (Wildman–Crippen MR) is 114 cm³/mol. The lowest BCUT2D eigenvalue weighted by Crippen LogP contribution is -2.36. The average Bonchev–Trinajstić information content (AvgIpc) is 2.72. The van der Waals surface area contributed by atoms with Crippen molar-refractivity contribution < 1.29 is 18.8 Å². The number of hydrazone groups is 1. The second-order valence-electron chi connectivity index (χ2n) is 6.87. The fourth-order valence-corrected chi connectivity index (χ4v) is 3.31. The standard InChI is InChI=1S/C21H21FN4O3S/c1-25(2)21(29)30-17-9-7-16(8-10-17)23-20(28)18-11-12-19(27)26(24-18)13-14-3-5-15(22)6-4-14/h3-10H,11-13H2,1-2H3,(H,23,28). The molecule has 7 nitrogen and oxygen atoms in total. The van der Waals surface area contributed by atoms with Crippen LogP contribution in [0.5, 0.6) is 0 Å². The molecule has 1 heterocycles. The zero-order valence-corrected chi connectivity index (χ0v) is 17.4. The first-order valence-electron chi connectivity index (χ1n) is 9.24. The minimum Gasteiger partial charge on any atom is -0.339 e. The summed E-state index contributed by atoms with van der Waals surface area (Å²) in [6, 6.07) is 12.7. The Hall–Kier alpha value is -3.20. The van der Waals surface area contributed by atoms with Crippen LogP contribution in [0, 0.1) is 5.82 Å².